The summed E-state index contributed by atoms with van der Waals surface area (Å²) in [5, 5.41) is 10.9. The van der Waals surface area contributed by atoms with E-state index in [2.05, 4.69) is 20.2 Å². The molecule has 0 bridgehead atoms. The molecular weight excluding hydrogens is 437 g/mol. The van der Waals surface area contributed by atoms with Crippen LogP contribution in [0.2, 0.25) is 0 Å². The van der Waals surface area contributed by atoms with Gasteiger partial charge in [-0.05, 0) is 56.9 Å². The van der Waals surface area contributed by atoms with E-state index in [4.69, 9.17) is 9.47 Å². The molecular formula is C22H27F3N6O2. The zero-order valence-electron chi connectivity index (χ0n) is 18.6. The maximum atomic E-state index is 13.1. The number of hydrogen-bond donors (Lipinski definition) is 0. The van der Waals surface area contributed by atoms with Crippen molar-refractivity contribution in [3.8, 4) is 11.5 Å². The maximum absolute atomic E-state index is 13.1. The number of alkyl halides is 3. The standard InChI is InChI=1S/C22H27F3N6O2/c1-29(2)12-3-15-32-16-4-6-17(7-5-16)33-18-10-13-30(14-11-18)20-9-8-19-26-27-21(22(23,24)25)31(19)28-20/h4-9,18H,3,10-15H2,1-2H3. The van der Waals surface area contributed by atoms with Crippen molar-refractivity contribution in [2.75, 3.05) is 45.2 Å². The van der Waals surface area contributed by atoms with Crippen LogP contribution in [0.1, 0.15) is 25.1 Å². The Morgan fingerprint density at radius 1 is 1.00 bits per heavy atom. The third kappa shape index (κ3) is 5.84. The van der Waals surface area contributed by atoms with Gasteiger partial charge in [0, 0.05) is 32.5 Å². The highest BCUT2D eigenvalue weighted by molar-refractivity contribution is 5.46. The molecule has 3 aromatic rings. The summed E-state index contributed by atoms with van der Waals surface area (Å²) in [6, 6.07) is 10.8. The zero-order chi connectivity index (χ0) is 23.4. The normalized spacial score (nSPS) is 15.4. The number of hydrogen-bond acceptors (Lipinski definition) is 7. The third-order valence-electron chi connectivity index (χ3n) is 5.41. The number of anilines is 1. The number of aromatic nitrogens is 4. The molecule has 1 aliphatic rings. The average Bonchev–Trinajstić information content (AvgIpc) is 3.22. The Kier molecular flexibility index (Phi) is 6.87. The number of halogens is 3. The van der Waals surface area contributed by atoms with Gasteiger partial charge in [-0.25, -0.2) is 0 Å². The number of benzene rings is 1. The molecule has 178 valence electrons. The molecule has 0 N–H and O–H groups in total. The highest BCUT2D eigenvalue weighted by atomic mass is 19.4. The Hall–Kier alpha value is -3.08. The smallest absolute Gasteiger partial charge is 0.453 e. The van der Waals surface area contributed by atoms with Crippen molar-refractivity contribution >= 4 is 11.5 Å². The molecule has 8 nitrogen and oxygen atoms in total. The van der Waals surface area contributed by atoms with E-state index < -0.39 is 12.0 Å². The van der Waals surface area contributed by atoms with E-state index in [0.717, 1.165) is 41.8 Å². The number of nitrogens with zero attached hydrogens (tertiary/aromatic N) is 6. The SMILES string of the molecule is CN(C)CCCOc1ccc(OC2CCN(c3ccc4nnc(C(F)(F)F)n4n3)CC2)cc1. The van der Waals surface area contributed by atoms with Crippen LogP contribution in [0, 0.1) is 0 Å². The molecule has 0 atom stereocenters. The quantitative estimate of drug-likeness (QED) is 0.473. The molecule has 1 saturated heterocycles. The molecule has 1 aliphatic heterocycles. The highest BCUT2D eigenvalue weighted by Crippen LogP contribution is 2.29. The van der Waals surface area contributed by atoms with E-state index in [9.17, 15) is 13.2 Å². The zero-order valence-corrected chi connectivity index (χ0v) is 18.6. The summed E-state index contributed by atoms with van der Waals surface area (Å²) in [5.74, 6) is 0.919. The topological polar surface area (TPSA) is 68.0 Å². The summed E-state index contributed by atoms with van der Waals surface area (Å²) in [5.41, 5.74) is 0.0643. The minimum atomic E-state index is -4.61. The number of fused-ring (bicyclic) bond motifs is 1. The van der Waals surface area contributed by atoms with Gasteiger partial charge in [-0.2, -0.15) is 17.7 Å². The molecule has 4 rings (SSSR count). The van der Waals surface area contributed by atoms with Crippen LogP contribution in [0.15, 0.2) is 36.4 Å². The van der Waals surface area contributed by atoms with Gasteiger partial charge in [-0.3, -0.25) is 0 Å². The lowest BCUT2D eigenvalue weighted by Gasteiger charge is -2.32. The van der Waals surface area contributed by atoms with Gasteiger partial charge in [0.15, 0.2) is 5.65 Å². The minimum Gasteiger partial charge on any atom is -0.494 e. The first-order chi connectivity index (χ1) is 15.8. The van der Waals surface area contributed by atoms with Gasteiger partial charge in [0.05, 0.1) is 6.61 Å². The molecule has 0 aliphatic carbocycles. The molecule has 1 fully saturated rings. The minimum absolute atomic E-state index is 0.0255. The van der Waals surface area contributed by atoms with Gasteiger partial charge in [-0.1, -0.05) is 0 Å². The van der Waals surface area contributed by atoms with E-state index in [1.807, 2.05) is 43.3 Å². The summed E-state index contributed by atoms with van der Waals surface area (Å²) in [6.07, 6.45) is -2.16. The van der Waals surface area contributed by atoms with Crippen LogP contribution in [-0.4, -0.2) is 71.2 Å². The van der Waals surface area contributed by atoms with Crippen molar-refractivity contribution in [2.24, 2.45) is 0 Å². The fourth-order valence-electron chi connectivity index (χ4n) is 3.71. The van der Waals surface area contributed by atoms with Crippen molar-refractivity contribution in [1.82, 2.24) is 24.7 Å². The van der Waals surface area contributed by atoms with Crippen molar-refractivity contribution in [1.29, 1.82) is 0 Å². The molecule has 0 saturated carbocycles. The highest BCUT2D eigenvalue weighted by Gasteiger charge is 2.38. The lowest BCUT2D eigenvalue weighted by atomic mass is 10.1. The Labute approximate surface area is 189 Å². The lowest BCUT2D eigenvalue weighted by molar-refractivity contribution is -0.146. The first kappa shape index (κ1) is 23.1. The molecule has 0 spiro atoms. The first-order valence-electron chi connectivity index (χ1n) is 10.9. The number of piperidine rings is 1. The van der Waals surface area contributed by atoms with Crippen LogP contribution in [0.4, 0.5) is 19.0 Å². The second-order valence-corrected chi connectivity index (χ2v) is 8.26. The summed E-state index contributed by atoms with van der Waals surface area (Å²) in [7, 11) is 4.07. The summed E-state index contributed by atoms with van der Waals surface area (Å²) < 4.78 is 51.9. The van der Waals surface area contributed by atoms with Crippen LogP contribution in [0.3, 0.4) is 0 Å². The van der Waals surface area contributed by atoms with Gasteiger partial charge in [0.25, 0.3) is 5.82 Å². The Morgan fingerprint density at radius 3 is 2.36 bits per heavy atom. The lowest BCUT2D eigenvalue weighted by Crippen LogP contribution is -2.39. The van der Waals surface area contributed by atoms with Crippen molar-refractivity contribution < 1.29 is 22.6 Å². The van der Waals surface area contributed by atoms with Crippen LogP contribution >= 0.6 is 0 Å². The van der Waals surface area contributed by atoms with E-state index >= 15 is 0 Å². The van der Waals surface area contributed by atoms with Crippen LogP contribution < -0.4 is 14.4 Å². The van der Waals surface area contributed by atoms with Crippen LogP contribution in [0.5, 0.6) is 11.5 Å². The van der Waals surface area contributed by atoms with E-state index in [1.54, 1.807) is 6.07 Å². The Morgan fingerprint density at radius 2 is 1.70 bits per heavy atom. The monoisotopic (exact) mass is 464 g/mol. The van der Waals surface area contributed by atoms with Gasteiger partial charge in [0.1, 0.15) is 23.4 Å². The summed E-state index contributed by atoms with van der Waals surface area (Å²) >= 11 is 0. The predicted octanol–water partition coefficient (Wildman–Crippen LogP) is 3.52. The third-order valence-corrected chi connectivity index (χ3v) is 5.41. The van der Waals surface area contributed by atoms with E-state index in [1.165, 1.54) is 6.07 Å². The van der Waals surface area contributed by atoms with Crippen molar-refractivity contribution in [2.45, 2.75) is 31.5 Å². The van der Waals surface area contributed by atoms with Gasteiger partial charge in [-0.15, -0.1) is 15.3 Å². The van der Waals surface area contributed by atoms with Crippen molar-refractivity contribution in [3.63, 3.8) is 0 Å². The maximum Gasteiger partial charge on any atom is 0.453 e. The Balaban J connectivity index is 1.29. The molecule has 11 heteroatoms. The first-order valence-corrected chi connectivity index (χ1v) is 10.9. The van der Waals surface area contributed by atoms with Gasteiger partial charge in [0.2, 0.25) is 0 Å². The van der Waals surface area contributed by atoms with Gasteiger partial charge >= 0.3 is 6.18 Å². The van der Waals surface area contributed by atoms with Crippen LogP contribution in [0.25, 0.3) is 5.65 Å². The molecule has 1 aromatic carbocycles. The molecule has 0 radical (unpaired) electrons. The molecule has 3 heterocycles. The fraction of sp³-hybridized carbons (Fsp3) is 0.500. The van der Waals surface area contributed by atoms with Crippen LogP contribution in [-0.2, 0) is 6.18 Å². The van der Waals surface area contributed by atoms with Gasteiger partial charge < -0.3 is 19.3 Å². The van der Waals surface area contributed by atoms with E-state index in [-0.39, 0.29) is 11.8 Å². The fourth-order valence-corrected chi connectivity index (χ4v) is 3.71. The average molecular weight is 464 g/mol. The van der Waals surface area contributed by atoms with E-state index in [0.29, 0.717) is 25.5 Å². The second-order valence-electron chi connectivity index (χ2n) is 8.26. The molecule has 33 heavy (non-hydrogen) atoms. The molecule has 2 aromatic heterocycles. The molecule has 0 unspecified atom stereocenters. The van der Waals surface area contributed by atoms with Crippen molar-refractivity contribution in [3.05, 3.63) is 42.2 Å². The largest absolute Gasteiger partial charge is 0.494 e. The number of ether oxygens (including phenoxy) is 2. The molecule has 0 amide bonds. The predicted molar refractivity (Wildman–Crippen MR) is 117 cm³/mol. The summed E-state index contributed by atoms with van der Waals surface area (Å²) in [6.45, 7) is 2.89. The summed E-state index contributed by atoms with van der Waals surface area (Å²) in [4.78, 5) is 4.07. The Bertz CT molecular complexity index is 1050. The number of rotatable bonds is 8. The second kappa shape index (κ2) is 9.82.